The van der Waals surface area contributed by atoms with Gasteiger partial charge < -0.3 is 0 Å². The van der Waals surface area contributed by atoms with Gasteiger partial charge in [-0.3, -0.25) is 0 Å². The van der Waals surface area contributed by atoms with Gasteiger partial charge in [-0.05, 0) is 61.2 Å². The Morgan fingerprint density at radius 2 is 0.852 bits per heavy atom. The molecule has 0 N–H and O–H groups in total. The minimum absolute atomic E-state index is 1.07. The molecule has 0 unspecified atom stereocenters. The van der Waals surface area contributed by atoms with Crippen molar-refractivity contribution < 1.29 is 0 Å². The van der Waals surface area contributed by atoms with Crippen LogP contribution in [0.5, 0.6) is 0 Å². The van der Waals surface area contributed by atoms with Gasteiger partial charge in [0.1, 0.15) is 0 Å². The topological polar surface area (TPSA) is 0 Å². The summed E-state index contributed by atoms with van der Waals surface area (Å²) in [6.45, 7) is 4.73. The molecule has 0 radical (unpaired) electrons. The molecule has 0 nitrogen and oxygen atoms in total. The van der Waals surface area contributed by atoms with Crippen LogP contribution in [0.4, 0.5) is 0 Å². The zero-order valence-electron chi connectivity index (χ0n) is 18.9. The summed E-state index contributed by atoms with van der Waals surface area (Å²) in [5.41, 5.74) is 0. The highest BCUT2D eigenvalue weighted by Crippen LogP contribution is 2.43. The van der Waals surface area contributed by atoms with Gasteiger partial charge in [0, 0.05) is 0 Å². The molecule has 3 saturated carbocycles. The molecule has 0 heteroatoms. The fourth-order valence-corrected chi connectivity index (χ4v) is 6.98. The van der Waals surface area contributed by atoms with Crippen LogP contribution in [0.15, 0.2) is 0 Å². The molecule has 0 amide bonds. The maximum atomic E-state index is 2.40. The average molecular weight is 375 g/mol. The van der Waals surface area contributed by atoms with Gasteiger partial charge in [-0.2, -0.15) is 0 Å². The molecule has 0 heterocycles. The molecule has 3 aliphatic carbocycles. The molecular weight excluding hydrogens is 324 g/mol. The molecule has 3 aliphatic rings. The smallest absolute Gasteiger partial charge is 0.0386 e. The molecule has 0 atom stereocenters. The van der Waals surface area contributed by atoms with Crippen molar-refractivity contribution in [2.45, 2.75) is 136 Å². The first-order valence-corrected chi connectivity index (χ1v) is 13.3. The number of hydrogen-bond donors (Lipinski definition) is 0. The number of rotatable bonds is 9. The Balaban J connectivity index is 1.25. The molecule has 0 aliphatic heterocycles. The zero-order valence-corrected chi connectivity index (χ0v) is 18.9. The highest BCUT2D eigenvalue weighted by Gasteiger charge is 2.31. The highest BCUT2D eigenvalue weighted by molar-refractivity contribution is 4.82. The Hall–Kier alpha value is 0. The summed E-state index contributed by atoms with van der Waals surface area (Å²) >= 11 is 0. The van der Waals surface area contributed by atoms with Crippen LogP contribution in [0.3, 0.4) is 0 Å². The van der Waals surface area contributed by atoms with Gasteiger partial charge in [0.25, 0.3) is 0 Å². The third-order valence-corrected chi connectivity index (χ3v) is 9.19. The third kappa shape index (κ3) is 7.08. The maximum absolute atomic E-state index is 2.40. The Morgan fingerprint density at radius 1 is 0.444 bits per heavy atom. The molecule has 0 aromatic rings. The maximum Gasteiger partial charge on any atom is -0.0386 e. The lowest BCUT2D eigenvalue weighted by Crippen LogP contribution is -2.26. The first kappa shape index (κ1) is 21.7. The van der Waals surface area contributed by atoms with Crippen molar-refractivity contribution in [2.24, 2.45) is 35.5 Å². The molecular formula is C27H50. The monoisotopic (exact) mass is 374 g/mol. The van der Waals surface area contributed by atoms with Crippen LogP contribution in [-0.2, 0) is 0 Å². The second-order valence-electron chi connectivity index (χ2n) is 10.9. The van der Waals surface area contributed by atoms with Crippen LogP contribution >= 0.6 is 0 Å². The quantitative estimate of drug-likeness (QED) is 0.353. The van der Waals surface area contributed by atoms with Crippen LogP contribution in [0, 0.1) is 35.5 Å². The average Bonchev–Trinajstić information content (AvgIpc) is 2.74. The van der Waals surface area contributed by atoms with Crippen molar-refractivity contribution in [2.75, 3.05) is 0 Å². The fraction of sp³-hybridized carbons (Fsp3) is 1.00. The second kappa shape index (κ2) is 11.9. The van der Waals surface area contributed by atoms with Crippen molar-refractivity contribution in [3.05, 3.63) is 0 Å². The summed E-state index contributed by atoms with van der Waals surface area (Å²) in [6.07, 6.45) is 29.2. The van der Waals surface area contributed by atoms with Gasteiger partial charge in [0.05, 0.1) is 0 Å². The van der Waals surface area contributed by atoms with Crippen molar-refractivity contribution in [1.29, 1.82) is 0 Å². The lowest BCUT2D eigenvalue weighted by atomic mass is 9.68. The molecule has 0 saturated heterocycles. The Kier molecular flexibility index (Phi) is 9.54. The first-order chi connectivity index (χ1) is 13.3. The van der Waals surface area contributed by atoms with Crippen molar-refractivity contribution in [1.82, 2.24) is 0 Å². The summed E-state index contributed by atoms with van der Waals surface area (Å²) in [5.74, 6) is 6.56. The summed E-state index contributed by atoms with van der Waals surface area (Å²) in [6, 6.07) is 0. The zero-order chi connectivity index (χ0) is 18.9. The van der Waals surface area contributed by atoms with Crippen LogP contribution in [0.2, 0.25) is 0 Å². The first-order valence-electron chi connectivity index (χ1n) is 13.3. The minimum Gasteiger partial charge on any atom is -0.0654 e. The SMILES string of the molecule is CCCCCC1CCC(CCC2CCC(C3CCC(CC)CC3)CC2)CC1. The largest absolute Gasteiger partial charge is 0.0654 e. The normalized spacial score (nSPS) is 38.0. The van der Waals surface area contributed by atoms with Gasteiger partial charge in [-0.15, -0.1) is 0 Å². The van der Waals surface area contributed by atoms with E-state index in [-0.39, 0.29) is 0 Å². The van der Waals surface area contributed by atoms with Gasteiger partial charge >= 0.3 is 0 Å². The molecule has 3 fully saturated rings. The Morgan fingerprint density at radius 3 is 1.30 bits per heavy atom. The van der Waals surface area contributed by atoms with E-state index in [1.54, 1.807) is 89.9 Å². The van der Waals surface area contributed by atoms with E-state index in [0.29, 0.717) is 0 Å². The molecule has 158 valence electrons. The summed E-state index contributed by atoms with van der Waals surface area (Å²) in [7, 11) is 0. The molecule has 3 rings (SSSR count). The molecule has 0 bridgehead atoms. The van der Waals surface area contributed by atoms with E-state index >= 15 is 0 Å². The van der Waals surface area contributed by atoms with Crippen LogP contribution in [0.25, 0.3) is 0 Å². The summed E-state index contributed by atoms with van der Waals surface area (Å²) < 4.78 is 0. The fourth-order valence-electron chi connectivity index (χ4n) is 6.98. The predicted octanol–water partition coefficient (Wildman–Crippen LogP) is 9.18. The Labute approximate surface area is 171 Å². The molecule has 27 heavy (non-hydrogen) atoms. The van der Waals surface area contributed by atoms with Crippen molar-refractivity contribution >= 4 is 0 Å². The molecule has 0 aromatic carbocycles. The highest BCUT2D eigenvalue weighted by atomic mass is 14.4. The van der Waals surface area contributed by atoms with E-state index < -0.39 is 0 Å². The van der Waals surface area contributed by atoms with E-state index in [0.717, 1.165) is 35.5 Å². The molecule has 0 spiro atoms. The van der Waals surface area contributed by atoms with Crippen LogP contribution in [0.1, 0.15) is 136 Å². The number of unbranched alkanes of at least 4 members (excludes halogenated alkanes) is 2. The van der Waals surface area contributed by atoms with E-state index in [1.807, 2.05) is 0 Å². The third-order valence-electron chi connectivity index (χ3n) is 9.19. The minimum atomic E-state index is 1.07. The lowest BCUT2D eigenvalue weighted by molar-refractivity contribution is 0.137. The van der Waals surface area contributed by atoms with Gasteiger partial charge in [0.15, 0.2) is 0 Å². The Bertz CT molecular complexity index is 361. The van der Waals surface area contributed by atoms with Crippen LogP contribution < -0.4 is 0 Å². The van der Waals surface area contributed by atoms with Crippen molar-refractivity contribution in [3.63, 3.8) is 0 Å². The lowest BCUT2D eigenvalue weighted by Gasteiger charge is -2.38. The molecule has 0 aromatic heterocycles. The summed E-state index contributed by atoms with van der Waals surface area (Å²) in [4.78, 5) is 0. The predicted molar refractivity (Wildman–Crippen MR) is 120 cm³/mol. The van der Waals surface area contributed by atoms with E-state index in [9.17, 15) is 0 Å². The number of hydrogen-bond acceptors (Lipinski definition) is 0. The van der Waals surface area contributed by atoms with E-state index in [4.69, 9.17) is 0 Å². The second-order valence-corrected chi connectivity index (χ2v) is 10.9. The standard InChI is InChI=1S/C27H50/c1-3-5-6-7-23-8-10-24(11-9-23)12-13-25-16-20-27(21-17-25)26-18-14-22(4-2)15-19-26/h22-27H,3-21H2,1-2H3. The van der Waals surface area contributed by atoms with E-state index in [1.165, 1.54) is 32.1 Å². The van der Waals surface area contributed by atoms with Crippen molar-refractivity contribution in [3.8, 4) is 0 Å². The van der Waals surface area contributed by atoms with Crippen LogP contribution in [-0.4, -0.2) is 0 Å². The van der Waals surface area contributed by atoms with E-state index in [2.05, 4.69) is 13.8 Å². The van der Waals surface area contributed by atoms with Gasteiger partial charge in [0.2, 0.25) is 0 Å². The van der Waals surface area contributed by atoms with Gasteiger partial charge in [-0.1, -0.05) is 110 Å². The summed E-state index contributed by atoms with van der Waals surface area (Å²) in [5, 5.41) is 0. The van der Waals surface area contributed by atoms with Gasteiger partial charge in [-0.25, -0.2) is 0 Å².